The molecule has 2 rings (SSSR count). The van der Waals surface area contributed by atoms with Crippen molar-refractivity contribution in [2.24, 2.45) is 0 Å². The minimum atomic E-state index is -0.669. The summed E-state index contributed by atoms with van der Waals surface area (Å²) in [4.78, 5) is 8.57. The van der Waals surface area contributed by atoms with Gasteiger partial charge in [0.25, 0.3) is 0 Å². The molecule has 1 aromatic heterocycles. The van der Waals surface area contributed by atoms with Crippen molar-refractivity contribution in [3.8, 4) is 0 Å². The van der Waals surface area contributed by atoms with Gasteiger partial charge in [-0.3, -0.25) is 0 Å². The molecule has 0 amide bonds. The molecule has 0 aliphatic carbocycles. The van der Waals surface area contributed by atoms with Gasteiger partial charge in [0.1, 0.15) is 33.6 Å². The van der Waals surface area contributed by atoms with E-state index in [0.717, 1.165) is 0 Å². The Labute approximate surface area is 124 Å². The number of benzene rings is 1. The lowest BCUT2D eigenvalue weighted by Crippen LogP contribution is -2.17. The molecule has 1 N–H and O–H groups in total. The third kappa shape index (κ3) is 3.30. The topological polar surface area (TPSA) is 37.8 Å². The third-order valence-corrected chi connectivity index (χ3v) is 2.99. The molecule has 0 saturated heterocycles. The summed E-state index contributed by atoms with van der Waals surface area (Å²) < 4.78 is 27.8. The fourth-order valence-corrected chi connectivity index (χ4v) is 1.95. The van der Waals surface area contributed by atoms with Crippen molar-refractivity contribution < 1.29 is 8.78 Å². The number of anilines is 2. The average molecular weight is 342 g/mol. The summed E-state index contributed by atoms with van der Waals surface area (Å²) in [5.74, 6) is -0.430. The maximum atomic E-state index is 13.6. The van der Waals surface area contributed by atoms with Crippen LogP contribution >= 0.6 is 15.9 Å². The van der Waals surface area contributed by atoms with E-state index in [4.69, 9.17) is 0 Å². The van der Waals surface area contributed by atoms with Gasteiger partial charge in [-0.1, -0.05) is 26.8 Å². The zero-order valence-electron chi connectivity index (χ0n) is 11.3. The van der Waals surface area contributed by atoms with Crippen LogP contribution in [0.1, 0.15) is 26.6 Å². The lowest BCUT2D eigenvalue weighted by atomic mass is 9.96. The number of rotatable bonds is 2. The van der Waals surface area contributed by atoms with Crippen molar-refractivity contribution in [3.05, 3.63) is 46.3 Å². The van der Waals surface area contributed by atoms with Crippen LogP contribution < -0.4 is 5.32 Å². The van der Waals surface area contributed by atoms with Crippen LogP contribution in [0.3, 0.4) is 0 Å². The van der Waals surface area contributed by atoms with E-state index < -0.39 is 11.6 Å². The van der Waals surface area contributed by atoms with E-state index in [1.807, 2.05) is 20.8 Å². The Morgan fingerprint density at radius 1 is 1.10 bits per heavy atom. The van der Waals surface area contributed by atoms with E-state index >= 15 is 0 Å². The summed E-state index contributed by atoms with van der Waals surface area (Å²) in [6.45, 7) is 5.88. The average Bonchev–Trinajstić information content (AvgIpc) is 2.32. The van der Waals surface area contributed by atoms with Gasteiger partial charge in [-0.15, -0.1) is 0 Å². The van der Waals surface area contributed by atoms with Crippen LogP contribution in [-0.4, -0.2) is 9.97 Å². The maximum Gasteiger partial charge on any atom is 0.149 e. The van der Waals surface area contributed by atoms with Gasteiger partial charge < -0.3 is 5.32 Å². The van der Waals surface area contributed by atoms with Crippen molar-refractivity contribution in [3.63, 3.8) is 0 Å². The first kappa shape index (κ1) is 14.8. The Balaban J connectivity index is 2.42. The van der Waals surface area contributed by atoms with Crippen molar-refractivity contribution in [2.45, 2.75) is 26.2 Å². The highest BCUT2D eigenvalue weighted by atomic mass is 79.9. The highest BCUT2D eigenvalue weighted by Gasteiger charge is 2.19. The van der Waals surface area contributed by atoms with E-state index in [-0.39, 0.29) is 11.1 Å². The molecule has 0 unspecified atom stereocenters. The van der Waals surface area contributed by atoms with Gasteiger partial charge >= 0.3 is 0 Å². The Kier molecular flexibility index (Phi) is 4.04. The Bertz CT molecular complexity index is 619. The van der Waals surface area contributed by atoms with Gasteiger partial charge in [0, 0.05) is 11.5 Å². The van der Waals surface area contributed by atoms with E-state index in [1.165, 1.54) is 18.2 Å². The van der Waals surface area contributed by atoms with Crippen LogP contribution in [0.15, 0.2) is 28.9 Å². The van der Waals surface area contributed by atoms with Crippen LogP contribution in [0.4, 0.5) is 20.3 Å². The number of aromatic nitrogens is 2. The summed E-state index contributed by atoms with van der Waals surface area (Å²) in [6, 6.07) is 5.26. The van der Waals surface area contributed by atoms with Crippen LogP contribution in [-0.2, 0) is 5.41 Å². The van der Waals surface area contributed by atoms with Crippen molar-refractivity contribution in [1.82, 2.24) is 9.97 Å². The van der Waals surface area contributed by atoms with E-state index in [9.17, 15) is 8.78 Å². The minimum Gasteiger partial charge on any atom is -0.335 e. The molecule has 1 heterocycles. The predicted octanol–water partition coefficient (Wildman–Crippen LogP) is 4.56. The molecule has 1 aromatic carbocycles. The fourth-order valence-electron chi connectivity index (χ4n) is 1.56. The standard InChI is InChI=1S/C14H14BrF2N3/c1-14(2,3)13-18-10(15)7-11(20-13)19-12-8(16)5-4-6-9(12)17/h4-7H,1-3H3,(H,18,19,20). The lowest BCUT2D eigenvalue weighted by Gasteiger charge is -2.18. The van der Waals surface area contributed by atoms with Crippen molar-refractivity contribution in [1.29, 1.82) is 0 Å². The first-order chi connectivity index (χ1) is 9.27. The predicted molar refractivity (Wildman–Crippen MR) is 78.1 cm³/mol. The van der Waals surface area contributed by atoms with Crippen LogP contribution in [0.2, 0.25) is 0 Å². The highest BCUT2D eigenvalue weighted by Crippen LogP contribution is 2.26. The second-order valence-corrected chi connectivity index (χ2v) is 6.18. The molecular formula is C14H14BrF2N3. The zero-order chi connectivity index (χ0) is 14.9. The highest BCUT2D eigenvalue weighted by molar-refractivity contribution is 9.10. The molecule has 106 valence electrons. The first-order valence-electron chi connectivity index (χ1n) is 6.03. The number of hydrogen-bond donors (Lipinski definition) is 1. The third-order valence-electron chi connectivity index (χ3n) is 2.58. The Morgan fingerprint density at radius 2 is 1.70 bits per heavy atom. The van der Waals surface area contributed by atoms with Gasteiger partial charge in [-0.2, -0.15) is 0 Å². The molecule has 0 spiro atoms. The number of nitrogens with zero attached hydrogens (tertiary/aromatic N) is 2. The molecule has 2 aromatic rings. The van der Waals surface area contributed by atoms with Gasteiger partial charge in [-0.05, 0) is 28.1 Å². The van der Waals surface area contributed by atoms with Crippen LogP contribution in [0.25, 0.3) is 0 Å². The Morgan fingerprint density at radius 3 is 2.25 bits per heavy atom. The van der Waals surface area contributed by atoms with Gasteiger partial charge in [0.2, 0.25) is 0 Å². The van der Waals surface area contributed by atoms with Gasteiger partial charge in [-0.25, -0.2) is 18.7 Å². The quantitative estimate of drug-likeness (QED) is 0.813. The minimum absolute atomic E-state index is 0.224. The van der Waals surface area contributed by atoms with E-state index in [0.29, 0.717) is 16.2 Å². The van der Waals surface area contributed by atoms with Gasteiger partial charge in [0.05, 0.1) is 0 Å². The van der Waals surface area contributed by atoms with Gasteiger partial charge in [0.15, 0.2) is 0 Å². The summed E-state index contributed by atoms with van der Waals surface area (Å²) in [7, 11) is 0. The molecular weight excluding hydrogens is 328 g/mol. The molecule has 0 radical (unpaired) electrons. The number of nitrogens with one attached hydrogen (secondary N) is 1. The molecule has 3 nitrogen and oxygen atoms in total. The number of para-hydroxylation sites is 1. The van der Waals surface area contributed by atoms with Crippen LogP contribution in [0.5, 0.6) is 0 Å². The maximum absolute atomic E-state index is 13.6. The summed E-state index contributed by atoms with van der Waals surface area (Å²) in [5.41, 5.74) is -0.494. The number of halogens is 3. The van der Waals surface area contributed by atoms with Crippen molar-refractivity contribution >= 4 is 27.4 Å². The summed E-state index contributed by atoms with van der Waals surface area (Å²) in [6.07, 6.45) is 0. The largest absolute Gasteiger partial charge is 0.335 e. The monoisotopic (exact) mass is 341 g/mol. The number of hydrogen-bond acceptors (Lipinski definition) is 3. The van der Waals surface area contributed by atoms with E-state index in [1.54, 1.807) is 6.07 Å². The molecule has 0 bridgehead atoms. The van der Waals surface area contributed by atoms with Crippen molar-refractivity contribution in [2.75, 3.05) is 5.32 Å². The molecule has 20 heavy (non-hydrogen) atoms. The second-order valence-electron chi connectivity index (χ2n) is 5.37. The lowest BCUT2D eigenvalue weighted by molar-refractivity contribution is 0.544. The van der Waals surface area contributed by atoms with E-state index in [2.05, 4.69) is 31.2 Å². The molecule has 6 heteroatoms. The second kappa shape index (κ2) is 5.44. The molecule has 0 atom stereocenters. The molecule has 0 aliphatic rings. The van der Waals surface area contributed by atoms with Crippen LogP contribution in [0, 0.1) is 11.6 Å². The first-order valence-corrected chi connectivity index (χ1v) is 6.83. The smallest absolute Gasteiger partial charge is 0.149 e. The Hall–Kier alpha value is -1.56. The normalized spacial score (nSPS) is 11.5. The zero-order valence-corrected chi connectivity index (χ0v) is 12.9. The molecule has 0 fully saturated rings. The summed E-state index contributed by atoms with van der Waals surface area (Å²) >= 11 is 3.28. The SMILES string of the molecule is CC(C)(C)c1nc(Br)cc(Nc2c(F)cccc2F)n1. The fraction of sp³-hybridized carbons (Fsp3) is 0.286. The molecule has 0 saturated carbocycles. The molecule has 0 aliphatic heterocycles. The summed E-state index contributed by atoms with van der Waals surface area (Å²) in [5, 5.41) is 2.66.